The Morgan fingerprint density at radius 3 is 2.41 bits per heavy atom. The smallest absolute Gasteiger partial charge is 0.125 e. The Morgan fingerprint density at radius 1 is 1.18 bits per heavy atom. The first-order valence-corrected chi connectivity index (χ1v) is 6.91. The lowest BCUT2D eigenvalue weighted by molar-refractivity contribution is 0.402. The van der Waals surface area contributed by atoms with Crippen molar-refractivity contribution in [2.24, 2.45) is 0 Å². The van der Waals surface area contributed by atoms with Gasteiger partial charge in [-0.05, 0) is 50.4 Å². The summed E-state index contributed by atoms with van der Waals surface area (Å²) in [6.07, 6.45) is 1.20. The highest BCUT2D eigenvalue weighted by molar-refractivity contribution is 9.10. The molecular formula is C14H20BrNO. The molecule has 0 aliphatic carbocycles. The Balaban J connectivity index is 2.62. The summed E-state index contributed by atoms with van der Waals surface area (Å²) in [4.78, 5) is 0. The lowest BCUT2D eigenvalue weighted by Crippen LogP contribution is -2.11. The molecule has 0 bridgehead atoms. The molecule has 1 aromatic carbocycles. The SMILES string of the molecule is COc1c(C)c(C)c(Br)c(C)c1C1CCNC1. The Kier molecular flexibility index (Phi) is 3.79. The van der Waals surface area contributed by atoms with Gasteiger partial charge in [0, 0.05) is 22.5 Å². The number of rotatable bonds is 2. The highest BCUT2D eigenvalue weighted by Crippen LogP contribution is 2.41. The van der Waals surface area contributed by atoms with Crippen LogP contribution in [0.4, 0.5) is 0 Å². The Morgan fingerprint density at radius 2 is 1.88 bits per heavy atom. The van der Waals surface area contributed by atoms with E-state index in [1.807, 2.05) is 0 Å². The van der Waals surface area contributed by atoms with Crippen LogP contribution in [0.5, 0.6) is 5.75 Å². The van der Waals surface area contributed by atoms with E-state index in [1.54, 1.807) is 7.11 Å². The number of halogens is 1. The third-order valence-electron chi connectivity index (χ3n) is 3.88. The van der Waals surface area contributed by atoms with Crippen molar-refractivity contribution in [3.8, 4) is 5.75 Å². The van der Waals surface area contributed by atoms with E-state index in [4.69, 9.17) is 4.74 Å². The van der Waals surface area contributed by atoms with E-state index >= 15 is 0 Å². The van der Waals surface area contributed by atoms with E-state index in [9.17, 15) is 0 Å². The zero-order valence-corrected chi connectivity index (χ0v) is 12.6. The Hall–Kier alpha value is -0.540. The van der Waals surface area contributed by atoms with Crippen LogP contribution in [-0.2, 0) is 0 Å². The topological polar surface area (TPSA) is 21.3 Å². The van der Waals surface area contributed by atoms with Crippen molar-refractivity contribution in [2.75, 3.05) is 20.2 Å². The molecule has 17 heavy (non-hydrogen) atoms. The molecule has 1 aliphatic heterocycles. The van der Waals surface area contributed by atoms with Gasteiger partial charge in [-0.15, -0.1) is 0 Å². The van der Waals surface area contributed by atoms with Crippen molar-refractivity contribution in [1.82, 2.24) is 5.32 Å². The highest BCUT2D eigenvalue weighted by Gasteiger charge is 2.25. The van der Waals surface area contributed by atoms with Crippen LogP contribution in [0.15, 0.2) is 4.47 Å². The summed E-state index contributed by atoms with van der Waals surface area (Å²) in [5.41, 5.74) is 5.26. The van der Waals surface area contributed by atoms with Gasteiger partial charge < -0.3 is 10.1 Å². The van der Waals surface area contributed by atoms with Crippen molar-refractivity contribution in [1.29, 1.82) is 0 Å². The van der Waals surface area contributed by atoms with Crippen LogP contribution in [0.1, 0.15) is 34.6 Å². The van der Waals surface area contributed by atoms with Crippen LogP contribution in [0, 0.1) is 20.8 Å². The molecule has 1 heterocycles. The fraction of sp³-hybridized carbons (Fsp3) is 0.571. The molecule has 3 heteroatoms. The third-order valence-corrected chi connectivity index (χ3v) is 5.07. The second kappa shape index (κ2) is 4.99. The van der Waals surface area contributed by atoms with Gasteiger partial charge in [-0.3, -0.25) is 0 Å². The normalized spacial score (nSPS) is 19.7. The van der Waals surface area contributed by atoms with E-state index in [2.05, 4.69) is 42.0 Å². The van der Waals surface area contributed by atoms with Gasteiger partial charge in [-0.2, -0.15) is 0 Å². The van der Waals surface area contributed by atoms with E-state index in [0.29, 0.717) is 5.92 Å². The standard InChI is InChI=1S/C14H20BrNO/c1-8-9(2)14(17-4)12(10(3)13(8)15)11-5-6-16-7-11/h11,16H,5-7H2,1-4H3. The molecule has 1 aromatic rings. The minimum atomic E-state index is 0.584. The molecule has 0 spiro atoms. The molecular weight excluding hydrogens is 278 g/mol. The molecule has 0 amide bonds. The van der Waals surface area contributed by atoms with Crippen molar-refractivity contribution in [3.63, 3.8) is 0 Å². The van der Waals surface area contributed by atoms with Gasteiger partial charge in [0.15, 0.2) is 0 Å². The first-order chi connectivity index (χ1) is 8.07. The van der Waals surface area contributed by atoms with Gasteiger partial charge in [0.2, 0.25) is 0 Å². The van der Waals surface area contributed by atoms with Gasteiger partial charge in [-0.25, -0.2) is 0 Å². The average Bonchev–Trinajstić information content (AvgIpc) is 2.84. The quantitative estimate of drug-likeness (QED) is 0.903. The highest BCUT2D eigenvalue weighted by atomic mass is 79.9. The second-order valence-electron chi connectivity index (χ2n) is 4.83. The van der Waals surface area contributed by atoms with Crippen molar-refractivity contribution < 1.29 is 4.74 Å². The number of hydrogen-bond acceptors (Lipinski definition) is 2. The van der Waals surface area contributed by atoms with Gasteiger partial charge >= 0.3 is 0 Å². The van der Waals surface area contributed by atoms with Crippen LogP contribution < -0.4 is 10.1 Å². The fourth-order valence-electron chi connectivity index (χ4n) is 2.76. The predicted octanol–water partition coefficient (Wildman–Crippen LogP) is 3.46. The number of benzene rings is 1. The summed E-state index contributed by atoms with van der Waals surface area (Å²) in [6, 6.07) is 0. The average molecular weight is 298 g/mol. The minimum absolute atomic E-state index is 0.584. The van der Waals surface area contributed by atoms with E-state index in [0.717, 1.165) is 18.8 Å². The second-order valence-corrected chi connectivity index (χ2v) is 5.62. The van der Waals surface area contributed by atoms with Gasteiger partial charge in [0.1, 0.15) is 5.75 Å². The lowest BCUT2D eigenvalue weighted by Gasteiger charge is -2.22. The maximum absolute atomic E-state index is 5.66. The molecule has 1 atom stereocenters. The molecule has 94 valence electrons. The van der Waals surface area contributed by atoms with Crippen LogP contribution in [0.2, 0.25) is 0 Å². The summed E-state index contributed by atoms with van der Waals surface area (Å²) in [5.74, 6) is 1.66. The molecule has 0 saturated carbocycles. The summed E-state index contributed by atoms with van der Waals surface area (Å²) < 4.78 is 6.89. The monoisotopic (exact) mass is 297 g/mol. The number of ether oxygens (including phenoxy) is 1. The first kappa shape index (κ1) is 12.9. The number of hydrogen-bond donors (Lipinski definition) is 1. The van der Waals surface area contributed by atoms with Crippen molar-refractivity contribution in [2.45, 2.75) is 33.1 Å². The van der Waals surface area contributed by atoms with Crippen molar-refractivity contribution >= 4 is 15.9 Å². The maximum Gasteiger partial charge on any atom is 0.125 e. The van der Waals surface area contributed by atoms with Crippen molar-refractivity contribution in [3.05, 3.63) is 26.7 Å². The largest absolute Gasteiger partial charge is 0.496 e. The fourth-order valence-corrected chi connectivity index (χ4v) is 3.27. The summed E-state index contributed by atoms with van der Waals surface area (Å²) in [7, 11) is 1.78. The van der Waals surface area contributed by atoms with Crippen LogP contribution in [-0.4, -0.2) is 20.2 Å². The summed E-state index contributed by atoms with van der Waals surface area (Å²) in [6.45, 7) is 8.65. The molecule has 1 saturated heterocycles. The zero-order valence-electron chi connectivity index (χ0n) is 11.0. The number of nitrogens with one attached hydrogen (secondary N) is 1. The van der Waals surface area contributed by atoms with E-state index < -0.39 is 0 Å². The zero-order chi connectivity index (χ0) is 12.6. The third kappa shape index (κ3) is 2.11. The van der Waals surface area contributed by atoms with Crippen LogP contribution in [0.25, 0.3) is 0 Å². The van der Waals surface area contributed by atoms with E-state index in [1.165, 1.54) is 33.1 Å². The lowest BCUT2D eigenvalue weighted by atomic mass is 9.89. The van der Waals surface area contributed by atoms with Crippen LogP contribution in [0.3, 0.4) is 0 Å². The Labute approximate surface area is 112 Å². The molecule has 1 unspecified atom stereocenters. The molecule has 1 fully saturated rings. The summed E-state index contributed by atoms with van der Waals surface area (Å²) >= 11 is 3.72. The predicted molar refractivity (Wildman–Crippen MR) is 75.1 cm³/mol. The summed E-state index contributed by atoms with van der Waals surface area (Å²) in [5, 5.41) is 3.43. The molecule has 0 radical (unpaired) electrons. The minimum Gasteiger partial charge on any atom is -0.496 e. The molecule has 0 aromatic heterocycles. The molecule has 2 rings (SSSR count). The maximum atomic E-state index is 5.66. The van der Waals surface area contributed by atoms with Crippen LogP contribution >= 0.6 is 15.9 Å². The van der Waals surface area contributed by atoms with Gasteiger partial charge in [-0.1, -0.05) is 15.9 Å². The van der Waals surface area contributed by atoms with E-state index in [-0.39, 0.29) is 0 Å². The first-order valence-electron chi connectivity index (χ1n) is 6.11. The Bertz CT molecular complexity index is 437. The molecule has 1 N–H and O–H groups in total. The molecule has 2 nitrogen and oxygen atoms in total. The molecule has 1 aliphatic rings. The number of methoxy groups -OCH3 is 1. The van der Waals surface area contributed by atoms with Gasteiger partial charge in [0.25, 0.3) is 0 Å². The van der Waals surface area contributed by atoms with Gasteiger partial charge in [0.05, 0.1) is 7.11 Å².